The SMILES string of the molecule is NC(=O)c1ccc(NC(=O)CSc2cccc(NC(=O)c3cccc(Cl)c3)c2)cc1. The predicted molar refractivity (Wildman–Crippen MR) is 120 cm³/mol. The van der Waals surface area contributed by atoms with Crippen LogP contribution < -0.4 is 16.4 Å². The number of hydrogen-bond acceptors (Lipinski definition) is 4. The van der Waals surface area contributed by atoms with E-state index < -0.39 is 5.91 Å². The van der Waals surface area contributed by atoms with Gasteiger partial charge in [0.15, 0.2) is 0 Å². The van der Waals surface area contributed by atoms with Gasteiger partial charge in [-0.1, -0.05) is 23.7 Å². The van der Waals surface area contributed by atoms with E-state index in [1.165, 1.54) is 11.8 Å². The second kappa shape index (κ2) is 9.96. The zero-order valence-corrected chi connectivity index (χ0v) is 17.3. The molecule has 0 heterocycles. The minimum atomic E-state index is -0.522. The number of carbonyl (C=O) groups is 3. The number of carbonyl (C=O) groups excluding carboxylic acids is 3. The highest BCUT2D eigenvalue weighted by atomic mass is 35.5. The summed E-state index contributed by atoms with van der Waals surface area (Å²) in [4.78, 5) is 36.4. The summed E-state index contributed by atoms with van der Waals surface area (Å²) in [5, 5.41) is 6.06. The van der Waals surface area contributed by atoms with Crippen molar-refractivity contribution in [2.75, 3.05) is 16.4 Å². The third-order valence-corrected chi connectivity index (χ3v) is 5.23. The molecule has 0 bridgehead atoms. The van der Waals surface area contributed by atoms with E-state index in [0.29, 0.717) is 27.5 Å². The van der Waals surface area contributed by atoms with Gasteiger partial charge in [-0.3, -0.25) is 14.4 Å². The van der Waals surface area contributed by atoms with Gasteiger partial charge in [-0.15, -0.1) is 11.8 Å². The molecule has 0 unspecified atom stereocenters. The van der Waals surface area contributed by atoms with Gasteiger partial charge in [-0.2, -0.15) is 0 Å². The largest absolute Gasteiger partial charge is 0.366 e. The lowest BCUT2D eigenvalue weighted by atomic mass is 10.2. The van der Waals surface area contributed by atoms with Crippen LogP contribution in [0.15, 0.2) is 77.7 Å². The zero-order valence-electron chi connectivity index (χ0n) is 15.7. The molecule has 3 aromatic rings. The number of amides is 3. The minimum Gasteiger partial charge on any atom is -0.366 e. The number of primary amides is 1. The van der Waals surface area contributed by atoms with Gasteiger partial charge in [-0.25, -0.2) is 0 Å². The molecule has 0 aliphatic carbocycles. The van der Waals surface area contributed by atoms with Crippen molar-refractivity contribution in [2.24, 2.45) is 5.73 Å². The first-order chi connectivity index (χ1) is 14.4. The minimum absolute atomic E-state index is 0.184. The molecule has 0 atom stereocenters. The summed E-state index contributed by atoms with van der Waals surface area (Å²) in [6.07, 6.45) is 0. The molecule has 0 spiro atoms. The van der Waals surface area contributed by atoms with Crippen LogP contribution in [0.3, 0.4) is 0 Å². The van der Waals surface area contributed by atoms with E-state index in [-0.39, 0.29) is 17.6 Å². The summed E-state index contributed by atoms with van der Waals surface area (Å²) in [5.74, 6) is -0.800. The molecule has 0 saturated carbocycles. The number of rotatable bonds is 7. The Hall–Kier alpha value is -3.29. The number of anilines is 2. The van der Waals surface area contributed by atoms with E-state index in [0.717, 1.165) is 4.90 Å². The molecule has 3 amide bonds. The summed E-state index contributed by atoms with van der Waals surface area (Å²) >= 11 is 7.26. The predicted octanol–water partition coefficient (Wildman–Crippen LogP) is 4.42. The van der Waals surface area contributed by atoms with Crippen LogP contribution in [0.5, 0.6) is 0 Å². The van der Waals surface area contributed by atoms with Crippen molar-refractivity contribution in [1.82, 2.24) is 0 Å². The van der Waals surface area contributed by atoms with E-state index in [4.69, 9.17) is 17.3 Å². The molecular formula is C22H18ClN3O3S. The van der Waals surface area contributed by atoms with Crippen molar-refractivity contribution >= 4 is 52.5 Å². The zero-order chi connectivity index (χ0) is 21.5. The first-order valence-corrected chi connectivity index (χ1v) is 10.3. The van der Waals surface area contributed by atoms with Gasteiger partial charge in [0.2, 0.25) is 11.8 Å². The number of hydrogen-bond donors (Lipinski definition) is 3. The van der Waals surface area contributed by atoms with Crippen LogP contribution in [0.2, 0.25) is 5.02 Å². The smallest absolute Gasteiger partial charge is 0.255 e. The highest BCUT2D eigenvalue weighted by Gasteiger charge is 2.09. The maximum absolute atomic E-state index is 12.3. The summed E-state index contributed by atoms with van der Waals surface area (Å²) in [7, 11) is 0. The third kappa shape index (κ3) is 6.10. The van der Waals surface area contributed by atoms with Crippen molar-refractivity contribution in [3.8, 4) is 0 Å². The van der Waals surface area contributed by atoms with E-state index in [9.17, 15) is 14.4 Å². The Labute approximate surface area is 182 Å². The number of benzene rings is 3. The molecule has 0 aliphatic heterocycles. The summed E-state index contributed by atoms with van der Waals surface area (Å²) < 4.78 is 0. The summed E-state index contributed by atoms with van der Waals surface area (Å²) in [6.45, 7) is 0. The summed E-state index contributed by atoms with van der Waals surface area (Å²) in [5.41, 5.74) is 7.23. The number of halogens is 1. The molecule has 0 aromatic heterocycles. The summed E-state index contributed by atoms with van der Waals surface area (Å²) in [6, 6.07) is 20.3. The molecule has 0 saturated heterocycles. The highest BCUT2D eigenvalue weighted by Crippen LogP contribution is 2.23. The van der Waals surface area contributed by atoms with Crippen LogP contribution in [0.4, 0.5) is 11.4 Å². The Morgan fingerprint density at radius 3 is 2.27 bits per heavy atom. The van der Waals surface area contributed by atoms with E-state index >= 15 is 0 Å². The van der Waals surface area contributed by atoms with Crippen LogP contribution >= 0.6 is 23.4 Å². The fourth-order valence-corrected chi connectivity index (χ4v) is 3.51. The van der Waals surface area contributed by atoms with Gasteiger partial charge in [0.1, 0.15) is 0 Å². The molecule has 6 nitrogen and oxygen atoms in total. The average molecular weight is 440 g/mol. The van der Waals surface area contributed by atoms with E-state index in [1.807, 2.05) is 6.07 Å². The third-order valence-electron chi connectivity index (χ3n) is 4.00. The quantitative estimate of drug-likeness (QED) is 0.474. The fraction of sp³-hybridized carbons (Fsp3) is 0.0455. The molecule has 0 aliphatic rings. The van der Waals surface area contributed by atoms with Crippen LogP contribution in [0.1, 0.15) is 20.7 Å². The Bertz CT molecular complexity index is 1090. The highest BCUT2D eigenvalue weighted by molar-refractivity contribution is 8.00. The molecule has 3 aromatic carbocycles. The van der Waals surface area contributed by atoms with Gasteiger partial charge >= 0.3 is 0 Å². The normalized spacial score (nSPS) is 10.3. The second-order valence-corrected chi connectivity index (χ2v) is 7.76. The molecule has 4 N–H and O–H groups in total. The molecule has 3 rings (SSSR count). The maximum Gasteiger partial charge on any atom is 0.255 e. The monoisotopic (exact) mass is 439 g/mol. The van der Waals surface area contributed by atoms with Crippen molar-refractivity contribution in [3.63, 3.8) is 0 Å². The molecule has 0 radical (unpaired) electrons. The molecule has 0 fully saturated rings. The van der Waals surface area contributed by atoms with Gasteiger partial charge in [-0.05, 0) is 60.7 Å². The Morgan fingerprint density at radius 2 is 1.57 bits per heavy atom. The average Bonchev–Trinajstić information content (AvgIpc) is 2.73. The van der Waals surface area contributed by atoms with Crippen molar-refractivity contribution in [3.05, 3.63) is 88.9 Å². The Morgan fingerprint density at radius 1 is 0.833 bits per heavy atom. The van der Waals surface area contributed by atoms with Crippen molar-refractivity contribution in [1.29, 1.82) is 0 Å². The van der Waals surface area contributed by atoms with E-state index in [2.05, 4.69) is 10.6 Å². The standard InChI is InChI=1S/C22H18ClN3O3S/c23-16-4-1-3-15(11-16)22(29)26-18-5-2-6-19(12-18)30-13-20(27)25-17-9-7-14(8-10-17)21(24)28/h1-12H,13H2,(H2,24,28)(H,25,27)(H,26,29). The fourth-order valence-electron chi connectivity index (χ4n) is 2.56. The second-order valence-electron chi connectivity index (χ2n) is 6.27. The van der Waals surface area contributed by atoms with Crippen molar-refractivity contribution in [2.45, 2.75) is 4.90 Å². The van der Waals surface area contributed by atoms with Crippen LogP contribution in [-0.4, -0.2) is 23.5 Å². The lowest BCUT2D eigenvalue weighted by molar-refractivity contribution is -0.113. The Kier molecular flexibility index (Phi) is 7.11. The van der Waals surface area contributed by atoms with Crippen LogP contribution in [0, 0.1) is 0 Å². The van der Waals surface area contributed by atoms with E-state index in [1.54, 1.807) is 66.7 Å². The van der Waals surface area contributed by atoms with Crippen molar-refractivity contribution < 1.29 is 14.4 Å². The van der Waals surface area contributed by atoms with Gasteiger partial charge in [0, 0.05) is 32.4 Å². The lowest BCUT2D eigenvalue weighted by Crippen LogP contribution is -2.15. The van der Waals surface area contributed by atoms with Gasteiger partial charge in [0.05, 0.1) is 5.75 Å². The first kappa shape index (κ1) is 21.4. The number of nitrogens with one attached hydrogen (secondary N) is 2. The Balaban J connectivity index is 1.55. The molecule has 152 valence electrons. The number of thioether (sulfide) groups is 1. The van der Waals surface area contributed by atoms with Gasteiger partial charge < -0.3 is 16.4 Å². The topological polar surface area (TPSA) is 101 Å². The molecule has 8 heteroatoms. The number of nitrogens with two attached hydrogens (primary N) is 1. The van der Waals surface area contributed by atoms with Gasteiger partial charge in [0.25, 0.3) is 5.91 Å². The first-order valence-electron chi connectivity index (χ1n) is 8.90. The molecular weight excluding hydrogens is 422 g/mol. The maximum atomic E-state index is 12.3. The molecule has 30 heavy (non-hydrogen) atoms. The van der Waals surface area contributed by atoms with Crippen LogP contribution in [0.25, 0.3) is 0 Å². The van der Waals surface area contributed by atoms with Crippen LogP contribution in [-0.2, 0) is 4.79 Å². The lowest BCUT2D eigenvalue weighted by Gasteiger charge is -2.08.